The predicted molar refractivity (Wildman–Crippen MR) is 80.6 cm³/mol. The zero-order valence-corrected chi connectivity index (χ0v) is 11.4. The Morgan fingerprint density at radius 1 is 0.895 bits per heavy atom. The highest BCUT2D eigenvalue weighted by molar-refractivity contribution is 6.30. The summed E-state index contributed by atoms with van der Waals surface area (Å²) in [6.45, 7) is 0. The Morgan fingerprint density at radius 2 is 1.42 bits per heavy atom. The highest BCUT2D eigenvalue weighted by Crippen LogP contribution is 2.14. The molecular weight excluding hydrogens is 281 g/mol. The molecule has 0 aliphatic heterocycles. The summed E-state index contributed by atoms with van der Waals surface area (Å²) >= 11 is 11.5. The number of benzene rings is 2. The van der Waals surface area contributed by atoms with Gasteiger partial charge in [-0.2, -0.15) is 0 Å². The number of carbonyl (C=O) groups is 1. The van der Waals surface area contributed by atoms with E-state index in [0.717, 1.165) is 5.56 Å². The van der Waals surface area contributed by atoms with Gasteiger partial charge in [0.25, 0.3) is 0 Å². The fraction of sp³-hybridized carbons (Fsp3) is 0. The number of hydrogen-bond donors (Lipinski definition) is 1. The molecule has 2 aromatic carbocycles. The van der Waals surface area contributed by atoms with Crippen LogP contribution in [0.1, 0.15) is 5.56 Å². The van der Waals surface area contributed by atoms with Gasteiger partial charge in [0.15, 0.2) is 0 Å². The van der Waals surface area contributed by atoms with E-state index in [1.54, 1.807) is 42.5 Å². The quantitative estimate of drug-likeness (QED) is 0.820. The van der Waals surface area contributed by atoms with Crippen LogP contribution in [0.3, 0.4) is 0 Å². The van der Waals surface area contributed by atoms with E-state index in [4.69, 9.17) is 23.2 Å². The first-order valence-electron chi connectivity index (χ1n) is 5.64. The van der Waals surface area contributed by atoms with Crippen molar-refractivity contribution in [2.75, 3.05) is 5.32 Å². The summed E-state index contributed by atoms with van der Waals surface area (Å²) in [5.41, 5.74) is 1.62. The molecule has 0 bridgehead atoms. The number of carbonyl (C=O) groups excluding carboxylic acids is 1. The fourth-order valence-electron chi connectivity index (χ4n) is 1.46. The number of hydrogen-bond acceptors (Lipinski definition) is 1. The molecule has 2 nitrogen and oxygen atoms in total. The molecule has 0 unspecified atom stereocenters. The van der Waals surface area contributed by atoms with Crippen molar-refractivity contribution < 1.29 is 4.79 Å². The Hall–Kier alpha value is -1.77. The van der Waals surface area contributed by atoms with Gasteiger partial charge in [-0.25, -0.2) is 0 Å². The maximum absolute atomic E-state index is 11.7. The van der Waals surface area contributed by atoms with Gasteiger partial charge in [-0.05, 0) is 48.0 Å². The first-order chi connectivity index (χ1) is 9.13. The second-order valence-corrected chi connectivity index (χ2v) is 4.75. The third-order valence-electron chi connectivity index (χ3n) is 2.41. The molecule has 0 saturated heterocycles. The largest absolute Gasteiger partial charge is 0.323 e. The summed E-state index contributed by atoms with van der Waals surface area (Å²) in [7, 11) is 0. The van der Waals surface area contributed by atoms with Crippen LogP contribution in [0.4, 0.5) is 5.69 Å². The lowest BCUT2D eigenvalue weighted by Crippen LogP contribution is -2.07. The van der Waals surface area contributed by atoms with Gasteiger partial charge in [0.2, 0.25) is 5.91 Å². The second kappa shape index (κ2) is 6.41. The van der Waals surface area contributed by atoms with Crippen LogP contribution in [0.5, 0.6) is 0 Å². The van der Waals surface area contributed by atoms with Gasteiger partial charge in [-0.1, -0.05) is 35.3 Å². The molecule has 0 spiro atoms. The van der Waals surface area contributed by atoms with Gasteiger partial charge < -0.3 is 5.32 Å². The van der Waals surface area contributed by atoms with Crippen molar-refractivity contribution in [1.29, 1.82) is 0 Å². The highest BCUT2D eigenvalue weighted by atomic mass is 35.5. The SMILES string of the molecule is O=C(/C=C/c1ccc(Cl)cc1)Nc1ccc(Cl)cc1. The summed E-state index contributed by atoms with van der Waals surface area (Å²) < 4.78 is 0. The molecule has 0 heterocycles. The first-order valence-corrected chi connectivity index (χ1v) is 6.39. The highest BCUT2D eigenvalue weighted by Gasteiger charge is 1.97. The van der Waals surface area contributed by atoms with E-state index in [2.05, 4.69) is 5.32 Å². The van der Waals surface area contributed by atoms with Crippen LogP contribution in [-0.2, 0) is 4.79 Å². The Balaban J connectivity index is 1.97. The van der Waals surface area contributed by atoms with E-state index < -0.39 is 0 Å². The Morgan fingerprint density at radius 3 is 2.00 bits per heavy atom. The van der Waals surface area contributed by atoms with E-state index in [-0.39, 0.29) is 5.91 Å². The molecular formula is C15H11Cl2NO. The van der Waals surface area contributed by atoms with Crippen LogP contribution in [0.15, 0.2) is 54.6 Å². The van der Waals surface area contributed by atoms with E-state index in [1.807, 2.05) is 12.1 Å². The monoisotopic (exact) mass is 291 g/mol. The van der Waals surface area contributed by atoms with Gasteiger partial charge in [-0.15, -0.1) is 0 Å². The van der Waals surface area contributed by atoms with Crippen LogP contribution < -0.4 is 5.32 Å². The third kappa shape index (κ3) is 4.43. The molecule has 4 heteroatoms. The molecule has 0 aromatic heterocycles. The first kappa shape index (κ1) is 13.7. The lowest BCUT2D eigenvalue weighted by molar-refractivity contribution is -0.111. The van der Waals surface area contributed by atoms with Crippen LogP contribution in [0, 0.1) is 0 Å². The summed E-state index contributed by atoms with van der Waals surface area (Å²) in [4.78, 5) is 11.7. The Bertz CT molecular complexity index is 589. The smallest absolute Gasteiger partial charge is 0.248 e. The maximum Gasteiger partial charge on any atom is 0.248 e. The lowest BCUT2D eigenvalue weighted by atomic mass is 10.2. The molecule has 0 fully saturated rings. The maximum atomic E-state index is 11.7. The van der Waals surface area contributed by atoms with Crippen LogP contribution >= 0.6 is 23.2 Å². The minimum absolute atomic E-state index is 0.197. The van der Waals surface area contributed by atoms with Crippen molar-refractivity contribution in [2.24, 2.45) is 0 Å². The summed E-state index contributed by atoms with van der Waals surface area (Å²) in [6, 6.07) is 14.2. The van der Waals surface area contributed by atoms with Gasteiger partial charge in [0.1, 0.15) is 0 Å². The van der Waals surface area contributed by atoms with E-state index in [9.17, 15) is 4.79 Å². The van der Waals surface area contributed by atoms with Crippen molar-refractivity contribution in [3.63, 3.8) is 0 Å². The molecule has 0 radical (unpaired) electrons. The number of nitrogens with one attached hydrogen (secondary N) is 1. The molecule has 1 amide bonds. The van der Waals surface area contributed by atoms with E-state index >= 15 is 0 Å². The third-order valence-corrected chi connectivity index (χ3v) is 2.91. The minimum atomic E-state index is -0.197. The molecule has 1 N–H and O–H groups in total. The molecule has 0 saturated carbocycles. The number of anilines is 1. The number of amides is 1. The standard InChI is InChI=1S/C15H11Cl2NO/c16-12-4-1-11(2-5-12)3-10-15(19)18-14-8-6-13(17)7-9-14/h1-10H,(H,18,19)/b10-3+. The van der Waals surface area contributed by atoms with Crippen LogP contribution in [0.2, 0.25) is 10.0 Å². The summed E-state index contributed by atoms with van der Waals surface area (Å²) in [6.07, 6.45) is 3.19. The van der Waals surface area contributed by atoms with Gasteiger partial charge >= 0.3 is 0 Å². The zero-order chi connectivity index (χ0) is 13.7. The van der Waals surface area contributed by atoms with Crippen molar-refractivity contribution in [1.82, 2.24) is 0 Å². The minimum Gasteiger partial charge on any atom is -0.323 e. The van der Waals surface area contributed by atoms with E-state index in [0.29, 0.717) is 15.7 Å². The van der Waals surface area contributed by atoms with Crippen LogP contribution in [-0.4, -0.2) is 5.91 Å². The normalized spacial score (nSPS) is 10.6. The second-order valence-electron chi connectivity index (χ2n) is 3.88. The average Bonchev–Trinajstić information content (AvgIpc) is 2.41. The summed E-state index contributed by atoms with van der Waals surface area (Å²) in [5, 5.41) is 4.04. The molecule has 0 aliphatic carbocycles. The average molecular weight is 292 g/mol. The van der Waals surface area contributed by atoms with E-state index in [1.165, 1.54) is 6.08 Å². The summed E-state index contributed by atoms with van der Waals surface area (Å²) in [5.74, 6) is -0.197. The van der Waals surface area contributed by atoms with Crippen molar-refractivity contribution in [2.45, 2.75) is 0 Å². The molecule has 96 valence electrons. The molecule has 2 rings (SSSR count). The fourth-order valence-corrected chi connectivity index (χ4v) is 1.71. The predicted octanol–water partition coefficient (Wildman–Crippen LogP) is 4.65. The van der Waals surface area contributed by atoms with Gasteiger partial charge in [0, 0.05) is 21.8 Å². The van der Waals surface area contributed by atoms with Gasteiger partial charge in [-0.3, -0.25) is 4.79 Å². The number of rotatable bonds is 3. The molecule has 19 heavy (non-hydrogen) atoms. The molecule has 0 atom stereocenters. The molecule has 0 aliphatic rings. The lowest BCUT2D eigenvalue weighted by Gasteiger charge is -2.01. The molecule has 2 aromatic rings. The Kier molecular flexibility index (Phi) is 4.61. The van der Waals surface area contributed by atoms with Crippen LogP contribution in [0.25, 0.3) is 6.08 Å². The number of halogens is 2. The van der Waals surface area contributed by atoms with Crippen molar-refractivity contribution >= 4 is 40.9 Å². The van der Waals surface area contributed by atoms with Crippen molar-refractivity contribution in [3.05, 3.63) is 70.2 Å². The van der Waals surface area contributed by atoms with Gasteiger partial charge in [0.05, 0.1) is 0 Å². The zero-order valence-electron chi connectivity index (χ0n) is 9.94. The van der Waals surface area contributed by atoms with Crippen molar-refractivity contribution in [3.8, 4) is 0 Å². The Labute approximate surface area is 121 Å². The topological polar surface area (TPSA) is 29.1 Å².